The molecule has 7 heteroatoms. The van der Waals surface area contributed by atoms with Crippen LogP contribution >= 0.6 is 0 Å². The highest BCUT2D eigenvalue weighted by atomic mass is 19.1. The maximum atomic E-state index is 13.4. The van der Waals surface area contributed by atoms with Gasteiger partial charge in [0.2, 0.25) is 11.8 Å². The first-order valence-corrected chi connectivity index (χ1v) is 5.84. The Hall–Kier alpha value is -2.80. The van der Waals surface area contributed by atoms with Crippen molar-refractivity contribution in [2.24, 2.45) is 21.5 Å². The summed E-state index contributed by atoms with van der Waals surface area (Å²) in [6.45, 7) is 0. The summed E-state index contributed by atoms with van der Waals surface area (Å²) < 4.78 is 13.4. The number of halogens is 1. The van der Waals surface area contributed by atoms with Crippen LogP contribution in [-0.4, -0.2) is 16.9 Å². The fraction of sp³-hybridized carbons (Fsp3) is 0. The third-order valence-corrected chi connectivity index (χ3v) is 2.31. The number of pyridine rings is 1. The molecule has 0 aliphatic heterocycles. The van der Waals surface area contributed by atoms with Crippen LogP contribution in [-0.2, 0) is 0 Å². The normalized spacial score (nSPS) is 12.4. The van der Waals surface area contributed by atoms with E-state index in [9.17, 15) is 4.39 Å². The number of benzene rings is 1. The number of rotatable bonds is 2. The second-order valence-electron chi connectivity index (χ2n) is 3.86. The molecule has 0 aliphatic carbocycles. The molecule has 1 heterocycles. The first-order chi connectivity index (χ1) is 9.65. The molecule has 1 aromatic carbocycles. The topological polar surface area (TPSA) is 106 Å². The standard InChI is InChI=1S/C13H13FN6/c14-9-5-1-2-6-10(9)18-12(15)20-13(16)19-11-7-3-4-8-17-11/h1-8H,(H5,15,16,17,18,19,20)/p+1. The van der Waals surface area contributed by atoms with Crippen LogP contribution in [0.15, 0.2) is 58.6 Å². The summed E-state index contributed by atoms with van der Waals surface area (Å²) in [5.74, 6) is 0.187. The largest absolute Gasteiger partial charge is 0.368 e. The average molecular weight is 273 g/mol. The van der Waals surface area contributed by atoms with Gasteiger partial charge in [-0.3, -0.25) is 0 Å². The van der Waals surface area contributed by atoms with E-state index in [1.165, 1.54) is 12.1 Å². The number of quaternary nitrogens is 1. The molecule has 2 rings (SSSR count). The van der Waals surface area contributed by atoms with Gasteiger partial charge in [0.05, 0.1) is 0 Å². The molecule has 0 fully saturated rings. The molecule has 0 bridgehead atoms. The van der Waals surface area contributed by atoms with Gasteiger partial charge in [0.1, 0.15) is 11.5 Å². The van der Waals surface area contributed by atoms with Crippen molar-refractivity contribution in [2.75, 3.05) is 0 Å². The van der Waals surface area contributed by atoms with E-state index in [4.69, 9.17) is 11.5 Å². The van der Waals surface area contributed by atoms with E-state index in [2.05, 4.69) is 15.0 Å². The smallest absolute Gasteiger partial charge is 0.306 e. The van der Waals surface area contributed by atoms with Gasteiger partial charge in [0.25, 0.3) is 0 Å². The SMILES string of the molecule is NC(=Nc1ccccc1F)N=C(N)[NH2+]c1ccccn1. The van der Waals surface area contributed by atoms with E-state index in [1.807, 2.05) is 6.07 Å². The van der Waals surface area contributed by atoms with E-state index in [1.54, 1.807) is 35.8 Å². The highest BCUT2D eigenvalue weighted by molar-refractivity contribution is 5.91. The van der Waals surface area contributed by atoms with Crippen LogP contribution in [0.1, 0.15) is 0 Å². The summed E-state index contributed by atoms with van der Waals surface area (Å²) in [6.07, 6.45) is 1.63. The molecule has 0 amide bonds. The van der Waals surface area contributed by atoms with Gasteiger partial charge < -0.3 is 11.5 Å². The predicted octanol–water partition coefficient (Wildman–Crippen LogP) is 0.377. The molecule has 0 aliphatic rings. The third-order valence-electron chi connectivity index (χ3n) is 2.31. The number of nitrogens with zero attached hydrogens (tertiary/aromatic N) is 3. The fourth-order valence-electron chi connectivity index (χ4n) is 1.47. The number of hydrogen-bond acceptors (Lipinski definition) is 2. The highest BCUT2D eigenvalue weighted by Crippen LogP contribution is 2.15. The van der Waals surface area contributed by atoms with Crippen LogP contribution < -0.4 is 16.8 Å². The van der Waals surface area contributed by atoms with Crippen molar-refractivity contribution >= 4 is 23.4 Å². The van der Waals surface area contributed by atoms with Crippen LogP contribution in [0.25, 0.3) is 0 Å². The molecule has 6 nitrogen and oxygen atoms in total. The molecular formula is C13H14FN6+. The molecule has 0 radical (unpaired) electrons. The van der Waals surface area contributed by atoms with Crippen molar-refractivity contribution in [1.29, 1.82) is 0 Å². The van der Waals surface area contributed by atoms with E-state index in [0.29, 0.717) is 5.82 Å². The minimum absolute atomic E-state index is 0.111. The fourth-order valence-corrected chi connectivity index (χ4v) is 1.47. The van der Waals surface area contributed by atoms with Gasteiger partial charge in [0, 0.05) is 12.3 Å². The van der Waals surface area contributed by atoms with Crippen LogP contribution in [0.3, 0.4) is 0 Å². The molecule has 102 valence electrons. The van der Waals surface area contributed by atoms with E-state index < -0.39 is 5.82 Å². The van der Waals surface area contributed by atoms with Gasteiger partial charge in [-0.05, 0) is 18.2 Å². The van der Waals surface area contributed by atoms with Crippen molar-refractivity contribution in [3.8, 4) is 0 Å². The molecule has 2 aromatic rings. The van der Waals surface area contributed by atoms with Crippen LogP contribution in [0.2, 0.25) is 0 Å². The van der Waals surface area contributed by atoms with Gasteiger partial charge in [0.15, 0.2) is 0 Å². The highest BCUT2D eigenvalue weighted by Gasteiger charge is 2.04. The lowest BCUT2D eigenvalue weighted by molar-refractivity contribution is -0.450. The van der Waals surface area contributed by atoms with Crippen molar-refractivity contribution in [3.05, 3.63) is 54.5 Å². The Bertz CT molecular complexity index is 638. The Labute approximate surface area is 115 Å². The summed E-state index contributed by atoms with van der Waals surface area (Å²) in [6, 6.07) is 11.4. The Morgan fingerprint density at radius 3 is 2.55 bits per heavy atom. The lowest BCUT2D eigenvalue weighted by Crippen LogP contribution is -2.85. The van der Waals surface area contributed by atoms with E-state index in [-0.39, 0.29) is 17.6 Å². The van der Waals surface area contributed by atoms with E-state index >= 15 is 0 Å². The minimum atomic E-state index is -0.474. The second kappa shape index (κ2) is 6.39. The van der Waals surface area contributed by atoms with Crippen LogP contribution in [0, 0.1) is 5.82 Å². The number of aliphatic imine (C=N–C) groups is 2. The van der Waals surface area contributed by atoms with E-state index in [0.717, 1.165) is 0 Å². The molecule has 0 saturated heterocycles. The number of aromatic nitrogens is 1. The quantitative estimate of drug-likeness (QED) is 0.544. The predicted molar refractivity (Wildman–Crippen MR) is 75.1 cm³/mol. The summed E-state index contributed by atoms with van der Waals surface area (Å²) in [7, 11) is 0. The Kier molecular flexibility index (Phi) is 4.35. The van der Waals surface area contributed by atoms with Gasteiger partial charge in [-0.15, -0.1) is 4.99 Å². The van der Waals surface area contributed by atoms with Gasteiger partial charge in [-0.1, -0.05) is 18.2 Å². The zero-order chi connectivity index (χ0) is 14.4. The summed E-state index contributed by atoms with van der Waals surface area (Å²) in [5.41, 5.74) is 11.4. The molecule has 0 saturated carbocycles. The Morgan fingerprint density at radius 1 is 1.10 bits per heavy atom. The molecule has 20 heavy (non-hydrogen) atoms. The molecular weight excluding hydrogens is 259 g/mol. The molecule has 1 aromatic heterocycles. The molecule has 0 atom stereocenters. The monoisotopic (exact) mass is 273 g/mol. The lowest BCUT2D eigenvalue weighted by atomic mass is 10.3. The first kappa shape index (κ1) is 13.6. The van der Waals surface area contributed by atoms with Crippen molar-refractivity contribution in [2.45, 2.75) is 0 Å². The van der Waals surface area contributed by atoms with Crippen molar-refractivity contribution < 1.29 is 9.71 Å². The Balaban J connectivity index is 2.11. The average Bonchev–Trinajstić information content (AvgIpc) is 2.42. The van der Waals surface area contributed by atoms with Crippen LogP contribution in [0.5, 0.6) is 0 Å². The number of nitrogens with two attached hydrogens (primary N) is 3. The lowest BCUT2D eigenvalue weighted by Gasteiger charge is -1.99. The number of hydrogen-bond donors (Lipinski definition) is 3. The van der Waals surface area contributed by atoms with Gasteiger partial charge in [-0.2, -0.15) is 0 Å². The maximum absolute atomic E-state index is 13.4. The van der Waals surface area contributed by atoms with Gasteiger partial charge >= 0.3 is 5.96 Å². The molecule has 0 unspecified atom stereocenters. The third kappa shape index (κ3) is 3.85. The summed E-state index contributed by atoms with van der Waals surface area (Å²) >= 11 is 0. The minimum Gasteiger partial charge on any atom is -0.368 e. The zero-order valence-electron chi connectivity index (χ0n) is 10.6. The first-order valence-electron chi connectivity index (χ1n) is 5.84. The summed E-state index contributed by atoms with van der Waals surface area (Å²) in [4.78, 5) is 11.8. The van der Waals surface area contributed by atoms with Crippen molar-refractivity contribution in [3.63, 3.8) is 0 Å². The van der Waals surface area contributed by atoms with Crippen molar-refractivity contribution in [1.82, 2.24) is 4.98 Å². The zero-order valence-corrected chi connectivity index (χ0v) is 10.6. The maximum Gasteiger partial charge on any atom is 0.306 e. The number of guanidine groups is 2. The molecule has 6 N–H and O–H groups in total. The summed E-state index contributed by atoms with van der Waals surface area (Å²) in [5, 5.41) is 1.55. The van der Waals surface area contributed by atoms with Gasteiger partial charge in [-0.25, -0.2) is 19.7 Å². The molecule has 0 spiro atoms. The Morgan fingerprint density at radius 2 is 1.85 bits per heavy atom. The van der Waals surface area contributed by atoms with Crippen LogP contribution in [0.4, 0.5) is 15.9 Å². The second-order valence-corrected chi connectivity index (χ2v) is 3.86. The number of para-hydroxylation sites is 1.